The number of hydrogen-bond acceptors (Lipinski definition) is 3. The minimum atomic E-state index is 0.758. The van der Waals surface area contributed by atoms with E-state index >= 15 is 0 Å². The number of anilines is 1. The maximum absolute atomic E-state index is 5.76. The molecule has 1 aromatic rings. The molecule has 0 aromatic heterocycles. The molecule has 1 heterocycles. The summed E-state index contributed by atoms with van der Waals surface area (Å²) in [6.07, 6.45) is 7.64. The molecule has 1 saturated heterocycles. The number of hydrogen-bond donors (Lipinski definition) is 2. The molecule has 3 heteroatoms. The Morgan fingerprint density at radius 3 is 2.76 bits per heavy atom. The predicted molar refractivity (Wildman–Crippen MR) is 90.2 cm³/mol. The first-order valence-electron chi connectivity index (χ1n) is 8.56. The van der Waals surface area contributed by atoms with Gasteiger partial charge in [-0.1, -0.05) is 26.2 Å². The molecule has 0 spiro atoms. The van der Waals surface area contributed by atoms with Crippen LogP contribution in [0, 0.1) is 5.92 Å². The van der Waals surface area contributed by atoms with Gasteiger partial charge in [-0.25, -0.2) is 0 Å². The Bertz CT molecular complexity index is 371. The zero-order valence-electron chi connectivity index (χ0n) is 13.4. The topological polar surface area (TPSA) is 33.3 Å². The monoisotopic (exact) mass is 290 g/mol. The Labute approximate surface area is 129 Å². The van der Waals surface area contributed by atoms with Crippen LogP contribution in [0.25, 0.3) is 0 Å². The normalized spacial score (nSPS) is 18.4. The summed E-state index contributed by atoms with van der Waals surface area (Å²) in [4.78, 5) is 0. The van der Waals surface area contributed by atoms with Gasteiger partial charge in [0.15, 0.2) is 0 Å². The lowest BCUT2D eigenvalue weighted by Crippen LogP contribution is -2.33. The summed E-state index contributed by atoms with van der Waals surface area (Å²) in [7, 11) is 0. The summed E-state index contributed by atoms with van der Waals surface area (Å²) < 4.78 is 5.76. The molecule has 0 aliphatic carbocycles. The van der Waals surface area contributed by atoms with Gasteiger partial charge in [0.25, 0.3) is 0 Å². The molecule has 1 atom stereocenters. The minimum Gasteiger partial charge on any atom is -0.494 e. The maximum Gasteiger partial charge on any atom is 0.119 e. The van der Waals surface area contributed by atoms with Crippen molar-refractivity contribution in [2.45, 2.75) is 45.4 Å². The highest BCUT2D eigenvalue weighted by Crippen LogP contribution is 2.17. The first-order chi connectivity index (χ1) is 10.4. The molecule has 118 valence electrons. The molecule has 2 N–H and O–H groups in total. The van der Waals surface area contributed by atoms with Crippen LogP contribution in [0.3, 0.4) is 0 Å². The number of nitrogens with one attached hydrogen (secondary N) is 2. The Kier molecular flexibility index (Phi) is 7.44. The van der Waals surface area contributed by atoms with Crippen LogP contribution in [0.2, 0.25) is 0 Å². The van der Waals surface area contributed by atoms with E-state index in [1.165, 1.54) is 44.3 Å². The van der Waals surface area contributed by atoms with Crippen molar-refractivity contribution < 1.29 is 4.74 Å². The van der Waals surface area contributed by atoms with E-state index in [0.717, 1.165) is 37.8 Å². The number of unbranched alkanes of at least 4 members (excludes halogenated alkanes) is 3. The largest absolute Gasteiger partial charge is 0.494 e. The number of benzene rings is 1. The third kappa shape index (κ3) is 6.38. The van der Waals surface area contributed by atoms with Crippen molar-refractivity contribution in [3.63, 3.8) is 0 Å². The van der Waals surface area contributed by atoms with Crippen molar-refractivity contribution in [3.05, 3.63) is 24.3 Å². The lowest BCUT2D eigenvalue weighted by molar-refractivity contribution is 0.305. The molecule has 21 heavy (non-hydrogen) atoms. The quantitative estimate of drug-likeness (QED) is 0.673. The van der Waals surface area contributed by atoms with Gasteiger partial charge in [0.05, 0.1) is 6.61 Å². The van der Waals surface area contributed by atoms with Gasteiger partial charge in [0.2, 0.25) is 0 Å². The average Bonchev–Trinajstić information content (AvgIpc) is 2.55. The first kappa shape index (κ1) is 16.2. The molecule has 0 saturated carbocycles. The van der Waals surface area contributed by atoms with Crippen LogP contribution >= 0.6 is 0 Å². The number of ether oxygens (including phenoxy) is 1. The molecule has 1 aromatic carbocycles. The molecule has 1 aliphatic heterocycles. The lowest BCUT2D eigenvalue weighted by atomic mass is 10.00. The van der Waals surface area contributed by atoms with Crippen molar-refractivity contribution in [2.75, 3.05) is 31.6 Å². The van der Waals surface area contributed by atoms with E-state index < -0.39 is 0 Å². The molecular formula is C18H30N2O. The third-order valence-electron chi connectivity index (χ3n) is 4.11. The van der Waals surface area contributed by atoms with Gasteiger partial charge in [-0.2, -0.15) is 0 Å². The van der Waals surface area contributed by atoms with Crippen LogP contribution in [-0.2, 0) is 0 Å². The second kappa shape index (κ2) is 9.67. The van der Waals surface area contributed by atoms with Crippen LogP contribution in [0.5, 0.6) is 5.75 Å². The predicted octanol–water partition coefficient (Wildman–Crippen LogP) is 4.06. The minimum absolute atomic E-state index is 0.758. The maximum atomic E-state index is 5.76. The van der Waals surface area contributed by atoms with Crippen LogP contribution < -0.4 is 15.4 Å². The zero-order valence-corrected chi connectivity index (χ0v) is 13.4. The van der Waals surface area contributed by atoms with Gasteiger partial charge < -0.3 is 15.4 Å². The fourth-order valence-electron chi connectivity index (χ4n) is 2.75. The standard InChI is InChI=1S/C18H30N2O/c1-2-3-4-5-13-21-18-10-8-17(9-11-18)20-15-16-7-6-12-19-14-16/h8-11,16,19-20H,2-7,12-15H2,1H3. The van der Waals surface area contributed by atoms with Crippen molar-refractivity contribution in [3.8, 4) is 5.75 Å². The Hall–Kier alpha value is -1.22. The summed E-state index contributed by atoms with van der Waals surface area (Å²) in [6.45, 7) is 6.45. The van der Waals surface area contributed by atoms with Gasteiger partial charge in [0.1, 0.15) is 5.75 Å². The summed E-state index contributed by atoms with van der Waals surface area (Å²) in [5.74, 6) is 1.74. The van der Waals surface area contributed by atoms with Gasteiger partial charge in [-0.3, -0.25) is 0 Å². The van der Waals surface area contributed by atoms with E-state index in [0.29, 0.717) is 0 Å². The summed E-state index contributed by atoms with van der Waals surface area (Å²) >= 11 is 0. The fourth-order valence-corrected chi connectivity index (χ4v) is 2.75. The number of rotatable bonds is 9. The summed E-state index contributed by atoms with van der Waals surface area (Å²) in [5, 5.41) is 6.99. The summed E-state index contributed by atoms with van der Waals surface area (Å²) in [6, 6.07) is 8.39. The summed E-state index contributed by atoms with van der Waals surface area (Å²) in [5.41, 5.74) is 1.19. The van der Waals surface area contributed by atoms with Gasteiger partial charge in [0, 0.05) is 12.2 Å². The second-order valence-corrected chi connectivity index (χ2v) is 6.03. The SMILES string of the molecule is CCCCCCOc1ccc(NCC2CCCNC2)cc1. The highest BCUT2D eigenvalue weighted by atomic mass is 16.5. The molecule has 0 radical (unpaired) electrons. The smallest absolute Gasteiger partial charge is 0.119 e. The molecule has 1 unspecified atom stereocenters. The Morgan fingerprint density at radius 2 is 2.05 bits per heavy atom. The van der Waals surface area contributed by atoms with E-state index in [-0.39, 0.29) is 0 Å². The van der Waals surface area contributed by atoms with Crippen LogP contribution in [0.4, 0.5) is 5.69 Å². The van der Waals surface area contributed by atoms with E-state index in [1.807, 2.05) is 0 Å². The van der Waals surface area contributed by atoms with E-state index in [4.69, 9.17) is 4.74 Å². The molecule has 3 nitrogen and oxygen atoms in total. The van der Waals surface area contributed by atoms with Gasteiger partial charge in [-0.05, 0) is 62.5 Å². The van der Waals surface area contributed by atoms with Crippen molar-refractivity contribution in [2.24, 2.45) is 5.92 Å². The first-order valence-corrected chi connectivity index (χ1v) is 8.56. The van der Waals surface area contributed by atoms with Gasteiger partial charge in [-0.15, -0.1) is 0 Å². The van der Waals surface area contributed by atoms with Crippen molar-refractivity contribution in [1.82, 2.24) is 5.32 Å². The van der Waals surface area contributed by atoms with E-state index in [2.05, 4.69) is 41.8 Å². The third-order valence-corrected chi connectivity index (χ3v) is 4.11. The highest BCUT2D eigenvalue weighted by molar-refractivity contribution is 5.46. The molecule has 1 fully saturated rings. The molecular weight excluding hydrogens is 260 g/mol. The highest BCUT2D eigenvalue weighted by Gasteiger charge is 2.12. The van der Waals surface area contributed by atoms with Crippen LogP contribution in [-0.4, -0.2) is 26.2 Å². The van der Waals surface area contributed by atoms with Crippen LogP contribution in [0.15, 0.2) is 24.3 Å². The van der Waals surface area contributed by atoms with Crippen molar-refractivity contribution >= 4 is 5.69 Å². The van der Waals surface area contributed by atoms with Gasteiger partial charge >= 0.3 is 0 Å². The lowest BCUT2D eigenvalue weighted by Gasteiger charge is -2.23. The average molecular weight is 290 g/mol. The molecule has 2 rings (SSSR count). The number of piperidine rings is 1. The molecule has 0 bridgehead atoms. The Morgan fingerprint density at radius 1 is 1.19 bits per heavy atom. The fraction of sp³-hybridized carbons (Fsp3) is 0.667. The van der Waals surface area contributed by atoms with Crippen LogP contribution in [0.1, 0.15) is 45.4 Å². The van der Waals surface area contributed by atoms with Crippen molar-refractivity contribution in [1.29, 1.82) is 0 Å². The zero-order chi connectivity index (χ0) is 14.8. The molecule has 0 amide bonds. The molecule has 1 aliphatic rings. The van der Waals surface area contributed by atoms with E-state index in [1.54, 1.807) is 0 Å². The Balaban J connectivity index is 1.64. The van der Waals surface area contributed by atoms with E-state index in [9.17, 15) is 0 Å². The second-order valence-electron chi connectivity index (χ2n) is 6.03.